The van der Waals surface area contributed by atoms with Crippen molar-refractivity contribution in [2.24, 2.45) is 0 Å². The lowest BCUT2D eigenvalue weighted by molar-refractivity contribution is 0.575. The predicted octanol–water partition coefficient (Wildman–Crippen LogP) is 10.3. The summed E-state index contributed by atoms with van der Waals surface area (Å²) in [5.74, 6) is 0. The SMILES string of the molecule is C=Cc1c(/C=C\C)c(-c2cccc3ccccc23)c2ccccc2c1/C(C)=c1/c(=C\C)oc2cc3ccccc3cc12. The van der Waals surface area contributed by atoms with Gasteiger partial charge in [-0.2, -0.15) is 0 Å². The first-order valence-electron chi connectivity index (χ1n) is 14.6. The second kappa shape index (κ2) is 10.4. The highest BCUT2D eigenvalue weighted by Crippen LogP contribution is 2.43. The van der Waals surface area contributed by atoms with Crippen LogP contribution in [0, 0.1) is 0 Å². The van der Waals surface area contributed by atoms with Crippen LogP contribution in [-0.4, -0.2) is 0 Å². The summed E-state index contributed by atoms with van der Waals surface area (Å²) in [5.41, 5.74) is 8.94. The maximum atomic E-state index is 6.49. The average Bonchev–Trinajstić information content (AvgIpc) is 3.40. The molecule has 0 aliphatic rings. The van der Waals surface area contributed by atoms with Crippen molar-refractivity contribution in [3.8, 4) is 11.1 Å². The number of benzene rings is 6. The third kappa shape index (κ3) is 3.93. The molecule has 0 atom stereocenters. The third-order valence-corrected chi connectivity index (χ3v) is 8.49. The second-order valence-electron chi connectivity index (χ2n) is 10.8. The highest BCUT2D eigenvalue weighted by atomic mass is 16.3. The number of hydrogen-bond donors (Lipinski definition) is 0. The summed E-state index contributed by atoms with van der Waals surface area (Å²) >= 11 is 0. The maximum Gasteiger partial charge on any atom is 0.136 e. The zero-order chi connectivity index (χ0) is 28.8. The fraction of sp³-hybridized carbons (Fsp3) is 0.0732. The fourth-order valence-corrected chi connectivity index (χ4v) is 6.68. The van der Waals surface area contributed by atoms with Crippen LogP contribution in [0.25, 0.3) is 78.2 Å². The van der Waals surface area contributed by atoms with Crippen molar-refractivity contribution in [2.45, 2.75) is 20.8 Å². The Morgan fingerprint density at radius 1 is 0.667 bits per heavy atom. The van der Waals surface area contributed by atoms with Crippen molar-refractivity contribution in [3.05, 3.63) is 143 Å². The minimum Gasteiger partial charge on any atom is -0.456 e. The van der Waals surface area contributed by atoms with Gasteiger partial charge in [0, 0.05) is 10.6 Å². The smallest absolute Gasteiger partial charge is 0.136 e. The predicted molar refractivity (Wildman–Crippen MR) is 183 cm³/mol. The molecule has 202 valence electrons. The molecule has 0 saturated carbocycles. The molecule has 0 saturated heterocycles. The quantitative estimate of drug-likeness (QED) is 0.216. The summed E-state index contributed by atoms with van der Waals surface area (Å²) in [6, 6.07) is 37.0. The van der Waals surface area contributed by atoms with Gasteiger partial charge in [0.05, 0.1) is 0 Å². The van der Waals surface area contributed by atoms with E-state index in [0.29, 0.717) is 0 Å². The van der Waals surface area contributed by atoms with Gasteiger partial charge in [0.2, 0.25) is 0 Å². The van der Waals surface area contributed by atoms with Crippen LogP contribution in [0.4, 0.5) is 0 Å². The number of furan rings is 1. The van der Waals surface area contributed by atoms with Crippen LogP contribution in [0.3, 0.4) is 0 Å². The van der Waals surface area contributed by atoms with Gasteiger partial charge in [0.15, 0.2) is 0 Å². The van der Waals surface area contributed by atoms with Crippen LogP contribution < -0.4 is 10.6 Å². The lowest BCUT2D eigenvalue weighted by Gasteiger charge is -2.21. The van der Waals surface area contributed by atoms with Crippen molar-refractivity contribution in [1.29, 1.82) is 0 Å². The van der Waals surface area contributed by atoms with E-state index in [0.717, 1.165) is 27.2 Å². The largest absolute Gasteiger partial charge is 0.456 e. The fourth-order valence-electron chi connectivity index (χ4n) is 6.68. The molecule has 7 aromatic rings. The molecule has 0 unspecified atom stereocenters. The van der Waals surface area contributed by atoms with Crippen LogP contribution in [0.2, 0.25) is 0 Å². The maximum absolute atomic E-state index is 6.49. The van der Waals surface area contributed by atoms with E-state index in [4.69, 9.17) is 4.42 Å². The third-order valence-electron chi connectivity index (χ3n) is 8.49. The van der Waals surface area contributed by atoms with E-state index in [-0.39, 0.29) is 0 Å². The first-order chi connectivity index (χ1) is 20.6. The van der Waals surface area contributed by atoms with Crippen molar-refractivity contribution in [1.82, 2.24) is 0 Å². The number of fused-ring (bicyclic) bond motifs is 4. The van der Waals surface area contributed by atoms with Gasteiger partial charge in [-0.1, -0.05) is 116 Å². The Kier molecular flexibility index (Phi) is 6.36. The molecule has 1 aromatic heterocycles. The summed E-state index contributed by atoms with van der Waals surface area (Å²) in [4.78, 5) is 0. The number of hydrogen-bond acceptors (Lipinski definition) is 1. The summed E-state index contributed by atoms with van der Waals surface area (Å²) in [6.07, 6.45) is 8.49. The van der Waals surface area contributed by atoms with E-state index < -0.39 is 0 Å². The zero-order valence-corrected chi connectivity index (χ0v) is 24.2. The van der Waals surface area contributed by atoms with Gasteiger partial charge in [-0.05, 0) is 105 Å². The Labute approximate surface area is 246 Å². The Morgan fingerprint density at radius 3 is 2.02 bits per heavy atom. The van der Waals surface area contributed by atoms with Crippen LogP contribution in [-0.2, 0) is 0 Å². The molecule has 0 N–H and O–H groups in total. The first-order valence-corrected chi connectivity index (χ1v) is 14.6. The van der Waals surface area contributed by atoms with Crippen molar-refractivity contribution >= 4 is 67.1 Å². The minimum absolute atomic E-state index is 0.891. The summed E-state index contributed by atoms with van der Waals surface area (Å²) in [5, 5.41) is 9.56. The van der Waals surface area contributed by atoms with E-state index in [1.807, 2.05) is 6.08 Å². The molecule has 7 rings (SSSR count). The molecule has 1 nitrogen and oxygen atoms in total. The molecule has 0 radical (unpaired) electrons. The number of allylic oxidation sites excluding steroid dienone is 1. The minimum atomic E-state index is 0.891. The topological polar surface area (TPSA) is 13.1 Å². The van der Waals surface area contributed by atoms with Gasteiger partial charge in [-0.3, -0.25) is 0 Å². The van der Waals surface area contributed by atoms with E-state index in [2.05, 4.69) is 149 Å². The Balaban J connectivity index is 1.69. The lowest BCUT2D eigenvalue weighted by Crippen LogP contribution is -2.23. The molecule has 0 bridgehead atoms. The van der Waals surface area contributed by atoms with E-state index in [1.54, 1.807) is 0 Å². The molecule has 1 heteroatoms. The highest BCUT2D eigenvalue weighted by molar-refractivity contribution is 6.13. The summed E-state index contributed by atoms with van der Waals surface area (Å²) < 4.78 is 6.49. The highest BCUT2D eigenvalue weighted by Gasteiger charge is 2.21. The number of rotatable bonds is 4. The standard InChI is InChI=1S/C41H32O/c1-5-15-32-30(6-2)39(26(4)40-36-24-28-17-8-9-18-29(28)25-38(36)42-37(40)7-3)34-21-12-13-22-35(34)41(32)33-23-14-19-27-16-10-11-20-31(27)33/h5-25H,2H2,1,3-4H3/b15-5-,37-7+,40-26+. The van der Waals surface area contributed by atoms with Crippen molar-refractivity contribution in [3.63, 3.8) is 0 Å². The van der Waals surface area contributed by atoms with Crippen LogP contribution in [0.15, 0.2) is 120 Å². The second-order valence-corrected chi connectivity index (χ2v) is 10.8. The van der Waals surface area contributed by atoms with Gasteiger partial charge >= 0.3 is 0 Å². The first kappa shape index (κ1) is 25.8. The molecule has 42 heavy (non-hydrogen) atoms. The van der Waals surface area contributed by atoms with Gasteiger partial charge < -0.3 is 4.42 Å². The van der Waals surface area contributed by atoms with Crippen molar-refractivity contribution in [2.75, 3.05) is 0 Å². The van der Waals surface area contributed by atoms with Gasteiger partial charge in [0.1, 0.15) is 11.0 Å². The van der Waals surface area contributed by atoms with Gasteiger partial charge in [-0.15, -0.1) is 0 Å². The zero-order valence-electron chi connectivity index (χ0n) is 24.2. The Bertz CT molecular complexity index is 2340. The Hall–Kier alpha value is -5.14. The van der Waals surface area contributed by atoms with Crippen LogP contribution in [0.1, 0.15) is 37.5 Å². The van der Waals surface area contributed by atoms with Gasteiger partial charge in [0.25, 0.3) is 0 Å². The molecule has 0 spiro atoms. The average molecular weight is 541 g/mol. The molecule has 0 fully saturated rings. The van der Waals surface area contributed by atoms with E-state index in [9.17, 15) is 0 Å². The van der Waals surface area contributed by atoms with Gasteiger partial charge in [-0.25, -0.2) is 0 Å². The molecular weight excluding hydrogens is 508 g/mol. The van der Waals surface area contributed by atoms with E-state index >= 15 is 0 Å². The molecule has 0 aliphatic heterocycles. The van der Waals surface area contributed by atoms with Crippen molar-refractivity contribution < 1.29 is 4.42 Å². The summed E-state index contributed by atoms with van der Waals surface area (Å²) in [7, 11) is 0. The van der Waals surface area contributed by atoms with Crippen LogP contribution in [0.5, 0.6) is 0 Å². The molecule has 1 heterocycles. The Morgan fingerprint density at radius 2 is 1.31 bits per heavy atom. The van der Waals surface area contributed by atoms with E-state index in [1.165, 1.54) is 60.1 Å². The summed E-state index contributed by atoms with van der Waals surface area (Å²) in [6.45, 7) is 10.7. The molecule has 6 aromatic carbocycles. The molecule has 0 amide bonds. The van der Waals surface area contributed by atoms with Crippen LogP contribution >= 0.6 is 0 Å². The normalized spacial score (nSPS) is 13.2. The molecular formula is C41H32O. The lowest BCUT2D eigenvalue weighted by atomic mass is 9.82. The monoisotopic (exact) mass is 540 g/mol. The molecule has 0 aliphatic carbocycles.